The monoisotopic (exact) mass is 539 g/mol. The maximum atomic E-state index is 4.46. The SMILES string of the molecule is CN=C(NCc1ccc(N2CCC(C)CC2)cc1)NC1CCN(C2CCCC2)CC1.I. The number of hydrogen-bond donors (Lipinski definition) is 2. The van der Waals surface area contributed by atoms with E-state index in [1.807, 2.05) is 7.05 Å². The van der Waals surface area contributed by atoms with E-state index in [2.05, 4.69) is 56.6 Å². The lowest BCUT2D eigenvalue weighted by Gasteiger charge is -2.36. The minimum Gasteiger partial charge on any atom is -0.372 e. The lowest BCUT2D eigenvalue weighted by Crippen LogP contribution is -2.50. The van der Waals surface area contributed by atoms with Gasteiger partial charge >= 0.3 is 0 Å². The fraction of sp³-hybridized carbons (Fsp3) is 0.720. The molecule has 2 saturated heterocycles. The summed E-state index contributed by atoms with van der Waals surface area (Å²) in [6, 6.07) is 10.5. The van der Waals surface area contributed by atoms with Crippen molar-refractivity contribution in [2.75, 3.05) is 38.1 Å². The highest BCUT2D eigenvalue weighted by Gasteiger charge is 2.27. The molecular weight excluding hydrogens is 497 g/mol. The van der Waals surface area contributed by atoms with E-state index in [-0.39, 0.29) is 24.0 Å². The van der Waals surface area contributed by atoms with E-state index in [1.54, 1.807) is 0 Å². The highest BCUT2D eigenvalue weighted by Crippen LogP contribution is 2.26. The third-order valence-electron chi connectivity index (χ3n) is 7.48. The number of hydrogen-bond acceptors (Lipinski definition) is 3. The molecule has 0 radical (unpaired) electrons. The van der Waals surface area contributed by atoms with Crippen molar-refractivity contribution >= 4 is 35.6 Å². The third-order valence-corrected chi connectivity index (χ3v) is 7.48. The number of anilines is 1. The first kappa shape index (κ1) is 24.6. The number of halogens is 1. The summed E-state index contributed by atoms with van der Waals surface area (Å²) in [5.41, 5.74) is 2.67. The zero-order valence-corrected chi connectivity index (χ0v) is 21.8. The van der Waals surface area contributed by atoms with E-state index < -0.39 is 0 Å². The van der Waals surface area contributed by atoms with Gasteiger partial charge in [0.05, 0.1) is 0 Å². The molecule has 4 rings (SSSR count). The molecule has 2 heterocycles. The number of piperidine rings is 2. The van der Waals surface area contributed by atoms with Crippen LogP contribution in [0.1, 0.15) is 63.9 Å². The number of nitrogens with one attached hydrogen (secondary N) is 2. The van der Waals surface area contributed by atoms with Gasteiger partial charge in [0, 0.05) is 57.5 Å². The number of rotatable bonds is 5. The van der Waals surface area contributed by atoms with Gasteiger partial charge in [-0.2, -0.15) is 0 Å². The molecule has 3 aliphatic rings. The topological polar surface area (TPSA) is 42.9 Å². The molecular formula is C25H42IN5. The summed E-state index contributed by atoms with van der Waals surface area (Å²) in [7, 11) is 1.88. The van der Waals surface area contributed by atoms with Gasteiger partial charge in [-0.25, -0.2) is 0 Å². The molecule has 1 aromatic carbocycles. The summed E-state index contributed by atoms with van der Waals surface area (Å²) in [6.45, 7) is 8.03. The van der Waals surface area contributed by atoms with Crippen LogP contribution < -0.4 is 15.5 Å². The summed E-state index contributed by atoms with van der Waals surface area (Å²) < 4.78 is 0. The second-order valence-corrected chi connectivity index (χ2v) is 9.65. The Morgan fingerprint density at radius 3 is 2.19 bits per heavy atom. The van der Waals surface area contributed by atoms with Crippen molar-refractivity contribution in [2.45, 2.75) is 76.9 Å². The Bertz CT molecular complexity index is 670. The molecule has 0 unspecified atom stereocenters. The Hall–Kier alpha value is -1.02. The van der Waals surface area contributed by atoms with E-state index in [9.17, 15) is 0 Å². The summed E-state index contributed by atoms with van der Waals surface area (Å²) >= 11 is 0. The van der Waals surface area contributed by atoms with Gasteiger partial charge in [-0.15, -0.1) is 24.0 Å². The molecule has 1 saturated carbocycles. The maximum Gasteiger partial charge on any atom is 0.191 e. The lowest BCUT2D eigenvalue weighted by molar-refractivity contribution is 0.150. The Kier molecular flexibility index (Phi) is 9.75. The van der Waals surface area contributed by atoms with Crippen molar-refractivity contribution < 1.29 is 0 Å². The van der Waals surface area contributed by atoms with Crippen molar-refractivity contribution in [3.05, 3.63) is 29.8 Å². The maximum absolute atomic E-state index is 4.46. The minimum atomic E-state index is 0. The number of aliphatic imine (C=N–C) groups is 1. The molecule has 31 heavy (non-hydrogen) atoms. The van der Waals surface area contributed by atoms with E-state index in [4.69, 9.17) is 0 Å². The number of benzene rings is 1. The molecule has 6 heteroatoms. The van der Waals surface area contributed by atoms with Crippen LogP contribution in [0.15, 0.2) is 29.3 Å². The summed E-state index contributed by atoms with van der Waals surface area (Å²) in [4.78, 5) is 9.72. The predicted molar refractivity (Wildman–Crippen MR) is 143 cm³/mol. The molecule has 1 aromatic rings. The van der Waals surface area contributed by atoms with Crippen LogP contribution in [-0.2, 0) is 6.54 Å². The van der Waals surface area contributed by atoms with Crippen LogP contribution in [0.2, 0.25) is 0 Å². The molecule has 0 spiro atoms. The van der Waals surface area contributed by atoms with Gasteiger partial charge in [-0.1, -0.05) is 31.9 Å². The molecule has 0 aromatic heterocycles. The van der Waals surface area contributed by atoms with Crippen molar-refractivity contribution in [1.29, 1.82) is 0 Å². The average Bonchev–Trinajstić information content (AvgIpc) is 3.33. The quantitative estimate of drug-likeness (QED) is 0.326. The molecule has 3 fully saturated rings. The van der Waals surface area contributed by atoms with Crippen molar-refractivity contribution in [1.82, 2.24) is 15.5 Å². The molecule has 0 amide bonds. The number of nitrogens with zero attached hydrogens (tertiary/aromatic N) is 3. The highest BCUT2D eigenvalue weighted by molar-refractivity contribution is 14.0. The molecule has 5 nitrogen and oxygen atoms in total. The highest BCUT2D eigenvalue weighted by atomic mass is 127. The van der Waals surface area contributed by atoms with Crippen LogP contribution in [0.4, 0.5) is 5.69 Å². The van der Waals surface area contributed by atoms with Gasteiger partial charge in [-0.3, -0.25) is 4.99 Å². The molecule has 1 aliphatic carbocycles. The number of likely N-dealkylation sites (tertiary alicyclic amines) is 1. The first-order valence-electron chi connectivity index (χ1n) is 12.3. The Balaban J connectivity index is 0.00000272. The normalized spacial score (nSPS) is 22.4. The molecule has 0 bridgehead atoms. The standard InChI is InChI=1S/C25H41N5.HI/c1-20-11-15-29(16-12-20)24-9-7-21(8-10-24)19-27-25(26-2)28-22-13-17-30(18-14-22)23-5-3-4-6-23;/h7-10,20,22-23H,3-6,11-19H2,1-2H3,(H2,26,27,28);1H. The molecule has 0 atom stereocenters. The summed E-state index contributed by atoms with van der Waals surface area (Å²) in [5, 5.41) is 7.17. The Morgan fingerprint density at radius 2 is 1.58 bits per heavy atom. The fourth-order valence-corrected chi connectivity index (χ4v) is 5.34. The second-order valence-electron chi connectivity index (χ2n) is 9.65. The van der Waals surface area contributed by atoms with Crippen LogP contribution >= 0.6 is 24.0 Å². The summed E-state index contributed by atoms with van der Waals surface area (Å²) in [5.74, 6) is 1.81. The van der Waals surface area contributed by atoms with E-state index in [1.165, 1.54) is 88.8 Å². The van der Waals surface area contributed by atoms with Gasteiger partial charge in [0.1, 0.15) is 0 Å². The lowest BCUT2D eigenvalue weighted by atomic mass is 9.99. The van der Waals surface area contributed by atoms with E-state index >= 15 is 0 Å². The fourth-order valence-electron chi connectivity index (χ4n) is 5.34. The average molecular weight is 540 g/mol. The zero-order valence-electron chi connectivity index (χ0n) is 19.5. The molecule has 2 N–H and O–H groups in total. The van der Waals surface area contributed by atoms with Crippen molar-refractivity contribution in [3.8, 4) is 0 Å². The van der Waals surface area contributed by atoms with Crippen LogP contribution in [0.3, 0.4) is 0 Å². The first-order chi connectivity index (χ1) is 14.7. The third kappa shape index (κ3) is 6.98. The predicted octanol–water partition coefficient (Wildman–Crippen LogP) is 4.61. The van der Waals surface area contributed by atoms with Gasteiger partial charge in [0.15, 0.2) is 5.96 Å². The van der Waals surface area contributed by atoms with Crippen molar-refractivity contribution in [2.24, 2.45) is 10.9 Å². The van der Waals surface area contributed by atoms with Gasteiger partial charge < -0.3 is 20.4 Å². The van der Waals surface area contributed by atoms with Crippen LogP contribution in [0.25, 0.3) is 0 Å². The molecule has 2 aliphatic heterocycles. The minimum absolute atomic E-state index is 0. The first-order valence-corrected chi connectivity index (χ1v) is 12.3. The molecule has 174 valence electrons. The van der Waals surface area contributed by atoms with E-state index in [0.29, 0.717) is 6.04 Å². The van der Waals surface area contributed by atoms with Crippen LogP contribution in [0.5, 0.6) is 0 Å². The van der Waals surface area contributed by atoms with Crippen LogP contribution in [-0.4, -0.2) is 56.2 Å². The van der Waals surface area contributed by atoms with Gasteiger partial charge in [0.2, 0.25) is 0 Å². The second kappa shape index (κ2) is 12.3. The van der Waals surface area contributed by atoms with Crippen LogP contribution in [0, 0.1) is 5.92 Å². The zero-order chi connectivity index (χ0) is 20.8. The largest absolute Gasteiger partial charge is 0.372 e. The van der Waals surface area contributed by atoms with Gasteiger partial charge in [0.25, 0.3) is 0 Å². The smallest absolute Gasteiger partial charge is 0.191 e. The summed E-state index contributed by atoms with van der Waals surface area (Å²) in [6.07, 6.45) is 10.7. The van der Waals surface area contributed by atoms with E-state index in [0.717, 1.165) is 24.5 Å². The number of guanidine groups is 1. The Morgan fingerprint density at radius 1 is 0.935 bits per heavy atom. The van der Waals surface area contributed by atoms with Crippen molar-refractivity contribution in [3.63, 3.8) is 0 Å². The van der Waals surface area contributed by atoms with Gasteiger partial charge in [-0.05, 0) is 62.1 Å². The Labute approximate surface area is 206 Å².